The summed E-state index contributed by atoms with van der Waals surface area (Å²) in [7, 11) is 0. The molecule has 0 heterocycles. The van der Waals surface area contributed by atoms with E-state index in [4.69, 9.17) is 0 Å². The third-order valence-electron chi connectivity index (χ3n) is 5.69. The molecule has 0 radical (unpaired) electrons. The molecule has 0 fully saturated rings. The molecule has 3 amide bonds. The Morgan fingerprint density at radius 1 is 0.622 bits per heavy atom. The van der Waals surface area contributed by atoms with Gasteiger partial charge in [0.2, 0.25) is 5.91 Å². The van der Waals surface area contributed by atoms with Crippen LogP contribution in [-0.4, -0.2) is 24.3 Å². The first-order valence-corrected chi connectivity index (χ1v) is 11.9. The maximum atomic E-state index is 12.6. The zero-order valence-corrected chi connectivity index (χ0v) is 20.4. The van der Waals surface area contributed by atoms with Crippen LogP contribution in [0.4, 0.5) is 17.1 Å². The number of hydrogen-bond donors (Lipinski definition) is 4. The molecule has 37 heavy (non-hydrogen) atoms. The number of rotatable bonds is 9. The van der Waals surface area contributed by atoms with Crippen LogP contribution in [0.2, 0.25) is 0 Å². The summed E-state index contributed by atoms with van der Waals surface area (Å²) in [5.74, 6) is -0.633. The molecule has 4 rings (SSSR count). The Hall–Kier alpha value is -4.91. The lowest BCUT2D eigenvalue weighted by molar-refractivity contribution is -0.114. The smallest absolute Gasteiger partial charge is 0.255 e. The lowest BCUT2D eigenvalue weighted by Gasteiger charge is -2.14. The van der Waals surface area contributed by atoms with Crippen LogP contribution < -0.4 is 21.3 Å². The standard InChI is InChI=1S/C30H28N4O3/c1-21(22-9-4-2-5-10-22)32-29(36)24-15-17-25(18-16-24)33-28(35)20-31-26-13-8-14-27(19-26)34-30(37)23-11-6-3-7-12-23/h2-19,21,31H,20H2,1H3,(H,32,36)(H,33,35)(H,34,37). The number of nitrogens with one attached hydrogen (secondary N) is 4. The maximum Gasteiger partial charge on any atom is 0.255 e. The lowest BCUT2D eigenvalue weighted by Crippen LogP contribution is -2.26. The zero-order valence-electron chi connectivity index (χ0n) is 20.4. The first kappa shape index (κ1) is 25.2. The predicted molar refractivity (Wildman–Crippen MR) is 147 cm³/mol. The molecule has 0 aliphatic rings. The van der Waals surface area contributed by atoms with Gasteiger partial charge < -0.3 is 21.3 Å². The van der Waals surface area contributed by atoms with Crippen LogP contribution in [0.25, 0.3) is 0 Å². The van der Waals surface area contributed by atoms with Crippen LogP contribution >= 0.6 is 0 Å². The molecular formula is C30H28N4O3. The topological polar surface area (TPSA) is 99.3 Å². The number of amides is 3. The van der Waals surface area contributed by atoms with Gasteiger partial charge in [0.05, 0.1) is 12.6 Å². The summed E-state index contributed by atoms with van der Waals surface area (Å²) >= 11 is 0. The zero-order chi connectivity index (χ0) is 26.0. The second-order valence-electron chi connectivity index (χ2n) is 8.49. The van der Waals surface area contributed by atoms with E-state index >= 15 is 0 Å². The molecular weight excluding hydrogens is 464 g/mol. The maximum absolute atomic E-state index is 12.6. The van der Waals surface area contributed by atoms with Crippen LogP contribution in [0.15, 0.2) is 109 Å². The quantitative estimate of drug-likeness (QED) is 0.249. The highest BCUT2D eigenvalue weighted by Crippen LogP contribution is 2.17. The van der Waals surface area contributed by atoms with Crippen molar-refractivity contribution in [1.29, 1.82) is 0 Å². The molecule has 4 N–H and O–H groups in total. The predicted octanol–water partition coefficient (Wildman–Crippen LogP) is 5.48. The molecule has 186 valence electrons. The summed E-state index contributed by atoms with van der Waals surface area (Å²) in [5.41, 5.74) is 4.00. The molecule has 0 aromatic heterocycles. The summed E-state index contributed by atoms with van der Waals surface area (Å²) in [4.78, 5) is 37.4. The van der Waals surface area contributed by atoms with E-state index in [2.05, 4.69) is 21.3 Å². The molecule has 1 atom stereocenters. The minimum absolute atomic E-state index is 0.0346. The summed E-state index contributed by atoms with van der Waals surface area (Å²) in [6.45, 7) is 1.97. The van der Waals surface area contributed by atoms with Crippen molar-refractivity contribution in [3.05, 3.63) is 126 Å². The summed E-state index contributed by atoms with van der Waals surface area (Å²) in [5, 5.41) is 11.7. The molecule has 0 saturated carbocycles. The number of anilines is 3. The van der Waals surface area contributed by atoms with E-state index in [9.17, 15) is 14.4 Å². The summed E-state index contributed by atoms with van der Waals surface area (Å²) in [6.07, 6.45) is 0. The molecule has 4 aromatic carbocycles. The van der Waals surface area contributed by atoms with E-state index in [0.717, 1.165) is 5.56 Å². The van der Waals surface area contributed by atoms with Gasteiger partial charge in [0.15, 0.2) is 0 Å². The van der Waals surface area contributed by atoms with E-state index < -0.39 is 0 Å². The fraction of sp³-hybridized carbons (Fsp3) is 0.100. The van der Waals surface area contributed by atoms with E-state index in [1.165, 1.54) is 0 Å². The number of benzene rings is 4. The molecule has 1 unspecified atom stereocenters. The largest absolute Gasteiger partial charge is 0.376 e. The molecule has 0 bridgehead atoms. The fourth-order valence-electron chi connectivity index (χ4n) is 3.70. The highest BCUT2D eigenvalue weighted by atomic mass is 16.2. The minimum Gasteiger partial charge on any atom is -0.376 e. The van der Waals surface area contributed by atoms with Crippen molar-refractivity contribution in [3.8, 4) is 0 Å². The van der Waals surface area contributed by atoms with Gasteiger partial charge in [-0.2, -0.15) is 0 Å². The van der Waals surface area contributed by atoms with Crippen molar-refractivity contribution in [2.24, 2.45) is 0 Å². The van der Waals surface area contributed by atoms with Gasteiger partial charge in [-0.15, -0.1) is 0 Å². The average molecular weight is 493 g/mol. The summed E-state index contributed by atoms with van der Waals surface area (Å²) < 4.78 is 0. The monoisotopic (exact) mass is 492 g/mol. The number of carbonyl (C=O) groups is 3. The average Bonchev–Trinajstić information content (AvgIpc) is 2.93. The Morgan fingerprint density at radius 3 is 1.95 bits per heavy atom. The summed E-state index contributed by atoms with van der Waals surface area (Å²) in [6, 6.07) is 32.5. The molecule has 0 saturated heterocycles. The normalized spacial score (nSPS) is 11.2. The Bertz CT molecular complexity index is 1360. The van der Waals surface area contributed by atoms with Crippen LogP contribution in [-0.2, 0) is 4.79 Å². The van der Waals surface area contributed by atoms with Crippen molar-refractivity contribution in [1.82, 2.24) is 5.32 Å². The Labute approximate surface area is 215 Å². The Kier molecular flexibility index (Phi) is 8.29. The molecule has 0 aliphatic carbocycles. The van der Waals surface area contributed by atoms with E-state index in [0.29, 0.717) is 28.2 Å². The first-order valence-electron chi connectivity index (χ1n) is 11.9. The van der Waals surface area contributed by atoms with Crippen molar-refractivity contribution in [3.63, 3.8) is 0 Å². The third-order valence-corrected chi connectivity index (χ3v) is 5.69. The highest BCUT2D eigenvalue weighted by Gasteiger charge is 2.12. The third kappa shape index (κ3) is 7.29. The van der Waals surface area contributed by atoms with E-state index in [1.54, 1.807) is 66.7 Å². The SMILES string of the molecule is CC(NC(=O)c1ccc(NC(=O)CNc2cccc(NC(=O)c3ccccc3)c2)cc1)c1ccccc1. The van der Waals surface area contributed by atoms with Crippen molar-refractivity contribution in [2.45, 2.75) is 13.0 Å². The van der Waals surface area contributed by atoms with E-state index in [1.807, 2.05) is 49.4 Å². The van der Waals surface area contributed by atoms with Gasteiger partial charge in [-0.05, 0) is 67.1 Å². The molecule has 4 aromatic rings. The Balaban J connectivity index is 1.26. The first-order chi connectivity index (χ1) is 18.0. The molecule has 0 spiro atoms. The van der Waals surface area contributed by atoms with Gasteiger partial charge in [0, 0.05) is 28.2 Å². The van der Waals surface area contributed by atoms with Crippen molar-refractivity contribution < 1.29 is 14.4 Å². The fourth-order valence-corrected chi connectivity index (χ4v) is 3.70. The van der Waals surface area contributed by atoms with Crippen molar-refractivity contribution in [2.75, 3.05) is 22.5 Å². The van der Waals surface area contributed by atoms with Gasteiger partial charge >= 0.3 is 0 Å². The molecule has 7 heteroatoms. The van der Waals surface area contributed by atoms with Crippen LogP contribution in [0, 0.1) is 0 Å². The lowest BCUT2D eigenvalue weighted by atomic mass is 10.1. The number of hydrogen-bond acceptors (Lipinski definition) is 4. The Morgan fingerprint density at radius 2 is 1.24 bits per heavy atom. The number of carbonyl (C=O) groups excluding carboxylic acids is 3. The van der Waals surface area contributed by atoms with Crippen LogP contribution in [0.5, 0.6) is 0 Å². The van der Waals surface area contributed by atoms with E-state index in [-0.39, 0.29) is 30.3 Å². The highest BCUT2D eigenvalue weighted by molar-refractivity contribution is 6.04. The van der Waals surface area contributed by atoms with Gasteiger partial charge in [-0.25, -0.2) is 0 Å². The molecule has 0 aliphatic heterocycles. The molecule has 7 nitrogen and oxygen atoms in total. The second kappa shape index (κ2) is 12.2. The van der Waals surface area contributed by atoms with Crippen LogP contribution in [0.3, 0.4) is 0 Å². The van der Waals surface area contributed by atoms with Gasteiger partial charge in [-0.3, -0.25) is 14.4 Å². The van der Waals surface area contributed by atoms with Gasteiger partial charge in [0.1, 0.15) is 0 Å². The van der Waals surface area contributed by atoms with Gasteiger partial charge in [0.25, 0.3) is 11.8 Å². The second-order valence-corrected chi connectivity index (χ2v) is 8.49. The van der Waals surface area contributed by atoms with Crippen LogP contribution in [0.1, 0.15) is 39.2 Å². The van der Waals surface area contributed by atoms with Crippen molar-refractivity contribution >= 4 is 34.8 Å². The minimum atomic E-state index is -0.242. The van der Waals surface area contributed by atoms with Gasteiger partial charge in [-0.1, -0.05) is 54.6 Å².